The van der Waals surface area contributed by atoms with E-state index < -0.39 is 17.9 Å². The summed E-state index contributed by atoms with van der Waals surface area (Å²) in [6.45, 7) is 0. The molecular formula is C23H28O8. The van der Waals surface area contributed by atoms with Crippen LogP contribution < -0.4 is 0 Å². The lowest BCUT2D eigenvalue weighted by atomic mass is 9.86. The monoisotopic (exact) mass is 432 g/mol. The zero-order valence-electron chi connectivity index (χ0n) is 17.6. The molecular weight excluding hydrogens is 404 g/mol. The quantitative estimate of drug-likeness (QED) is 0.537. The normalized spacial score (nSPS) is 25.8. The Morgan fingerprint density at radius 3 is 1.65 bits per heavy atom. The molecule has 168 valence electrons. The number of benzene rings is 1. The fourth-order valence-electron chi connectivity index (χ4n) is 4.18. The van der Waals surface area contributed by atoms with E-state index in [4.69, 9.17) is 14.6 Å². The maximum absolute atomic E-state index is 12.5. The molecule has 2 aliphatic carbocycles. The summed E-state index contributed by atoms with van der Waals surface area (Å²) < 4.78 is 15.8. The number of carbonyl (C=O) groups is 4. The van der Waals surface area contributed by atoms with Crippen LogP contribution in [-0.4, -0.2) is 48.3 Å². The van der Waals surface area contributed by atoms with Crippen LogP contribution in [0.3, 0.4) is 0 Å². The molecule has 1 aromatic rings. The summed E-state index contributed by atoms with van der Waals surface area (Å²) in [5.74, 6) is -2.50. The first kappa shape index (κ1) is 22.8. The van der Waals surface area contributed by atoms with Gasteiger partial charge in [0.15, 0.2) is 0 Å². The predicted molar refractivity (Wildman–Crippen MR) is 108 cm³/mol. The van der Waals surface area contributed by atoms with E-state index in [1.165, 1.54) is 31.4 Å². The lowest BCUT2D eigenvalue weighted by Crippen LogP contribution is -2.33. The zero-order chi connectivity index (χ0) is 22.4. The highest BCUT2D eigenvalue weighted by atomic mass is 16.5. The van der Waals surface area contributed by atoms with Crippen LogP contribution in [0.15, 0.2) is 24.3 Å². The highest BCUT2D eigenvalue weighted by Gasteiger charge is 2.33. The number of carboxylic acids is 1. The van der Waals surface area contributed by atoms with Crippen molar-refractivity contribution >= 4 is 23.9 Å². The molecule has 8 heteroatoms. The number of hydrogen-bond acceptors (Lipinski definition) is 7. The summed E-state index contributed by atoms with van der Waals surface area (Å²) in [6.07, 6.45) is 4.12. The number of carboxylic acid groups (broad SMARTS) is 1. The second-order valence-corrected chi connectivity index (χ2v) is 8.20. The predicted octanol–water partition coefficient (Wildman–Crippen LogP) is 3.38. The molecule has 2 saturated carbocycles. The van der Waals surface area contributed by atoms with Crippen LogP contribution in [0.1, 0.15) is 72.1 Å². The maximum atomic E-state index is 12.5. The fraction of sp³-hybridized carbons (Fsp3) is 0.565. The maximum Gasteiger partial charge on any atom is 0.338 e. The lowest BCUT2D eigenvalue weighted by Gasteiger charge is -2.30. The van der Waals surface area contributed by atoms with Crippen LogP contribution in [0.5, 0.6) is 0 Å². The summed E-state index contributed by atoms with van der Waals surface area (Å²) in [4.78, 5) is 47.3. The third-order valence-electron chi connectivity index (χ3n) is 6.13. The van der Waals surface area contributed by atoms with Crippen LogP contribution in [0.2, 0.25) is 0 Å². The van der Waals surface area contributed by atoms with Crippen LogP contribution in [0.4, 0.5) is 0 Å². The van der Waals surface area contributed by atoms with E-state index in [9.17, 15) is 19.2 Å². The van der Waals surface area contributed by atoms with Gasteiger partial charge in [0.2, 0.25) is 0 Å². The van der Waals surface area contributed by atoms with Crippen LogP contribution in [0, 0.1) is 11.8 Å². The van der Waals surface area contributed by atoms with Gasteiger partial charge in [0, 0.05) is 0 Å². The largest absolute Gasteiger partial charge is 0.481 e. The van der Waals surface area contributed by atoms with Gasteiger partial charge in [0.25, 0.3) is 0 Å². The van der Waals surface area contributed by atoms with E-state index in [1.54, 1.807) is 0 Å². The van der Waals surface area contributed by atoms with Gasteiger partial charge in [-0.05, 0) is 75.6 Å². The van der Waals surface area contributed by atoms with Gasteiger partial charge in [-0.25, -0.2) is 9.59 Å². The fourth-order valence-corrected chi connectivity index (χ4v) is 4.18. The zero-order valence-corrected chi connectivity index (χ0v) is 17.6. The van der Waals surface area contributed by atoms with E-state index in [2.05, 4.69) is 4.74 Å². The summed E-state index contributed by atoms with van der Waals surface area (Å²) in [5, 5.41) is 9.05. The molecule has 0 saturated heterocycles. The summed E-state index contributed by atoms with van der Waals surface area (Å²) in [5.41, 5.74) is 0.709. The molecule has 0 radical (unpaired) electrons. The third-order valence-corrected chi connectivity index (χ3v) is 6.13. The second kappa shape index (κ2) is 10.4. The van der Waals surface area contributed by atoms with E-state index in [-0.39, 0.29) is 30.0 Å². The molecule has 0 unspecified atom stereocenters. The number of aliphatic carboxylic acids is 1. The van der Waals surface area contributed by atoms with E-state index in [0.717, 1.165) is 0 Å². The smallest absolute Gasteiger partial charge is 0.338 e. The highest BCUT2D eigenvalue weighted by Crippen LogP contribution is 2.31. The molecule has 0 aromatic heterocycles. The Hall–Kier alpha value is -2.90. The average Bonchev–Trinajstić information content (AvgIpc) is 2.79. The molecule has 2 aliphatic rings. The van der Waals surface area contributed by atoms with Crippen molar-refractivity contribution in [3.8, 4) is 0 Å². The number of rotatable bonds is 6. The minimum Gasteiger partial charge on any atom is -0.481 e. The van der Waals surface area contributed by atoms with Gasteiger partial charge in [-0.3, -0.25) is 9.59 Å². The van der Waals surface area contributed by atoms with E-state index in [1.807, 2.05) is 0 Å². The van der Waals surface area contributed by atoms with Crippen LogP contribution in [0.25, 0.3) is 0 Å². The molecule has 0 bridgehead atoms. The number of methoxy groups -OCH3 is 1. The molecule has 1 N–H and O–H groups in total. The van der Waals surface area contributed by atoms with Crippen molar-refractivity contribution in [3.63, 3.8) is 0 Å². The lowest BCUT2D eigenvalue weighted by molar-refractivity contribution is -0.158. The molecule has 3 rings (SSSR count). The third kappa shape index (κ3) is 6.06. The van der Waals surface area contributed by atoms with Crippen LogP contribution >= 0.6 is 0 Å². The van der Waals surface area contributed by atoms with Gasteiger partial charge < -0.3 is 19.3 Å². The van der Waals surface area contributed by atoms with Crippen molar-refractivity contribution in [1.29, 1.82) is 0 Å². The first-order chi connectivity index (χ1) is 14.9. The molecule has 0 amide bonds. The molecule has 0 spiro atoms. The number of hydrogen-bond donors (Lipinski definition) is 1. The minimum atomic E-state index is -0.781. The first-order valence-electron chi connectivity index (χ1n) is 10.7. The van der Waals surface area contributed by atoms with Crippen molar-refractivity contribution in [1.82, 2.24) is 0 Å². The van der Waals surface area contributed by atoms with E-state index >= 15 is 0 Å². The summed E-state index contributed by atoms with van der Waals surface area (Å²) >= 11 is 0. The van der Waals surface area contributed by atoms with Gasteiger partial charge in [-0.1, -0.05) is 0 Å². The topological polar surface area (TPSA) is 116 Å². The highest BCUT2D eigenvalue weighted by molar-refractivity contribution is 5.93. The van der Waals surface area contributed by atoms with Gasteiger partial charge in [-0.2, -0.15) is 0 Å². The Kier molecular flexibility index (Phi) is 7.65. The molecule has 8 nitrogen and oxygen atoms in total. The Morgan fingerprint density at radius 2 is 1.16 bits per heavy atom. The van der Waals surface area contributed by atoms with Crippen molar-refractivity contribution < 1.29 is 38.5 Å². The second-order valence-electron chi connectivity index (χ2n) is 8.20. The minimum absolute atomic E-state index is 0.202. The Balaban J connectivity index is 1.41. The summed E-state index contributed by atoms with van der Waals surface area (Å²) in [6, 6.07) is 6.08. The van der Waals surface area contributed by atoms with E-state index in [0.29, 0.717) is 62.5 Å². The van der Waals surface area contributed by atoms with Gasteiger partial charge in [0.05, 0.1) is 30.1 Å². The molecule has 1 aromatic carbocycles. The van der Waals surface area contributed by atoms with Crippen molar-refractivity contribution in [2.75, 3.05) is 7.11 Å². The standard InChI is InChI=1S/C23H28O8/c1-29-21(26)15-2-4-16(5-3-15)22(27)31-19-12-8-17(9-13-19)23(28)30-18-10-6-14(7-11-18)20(24)25/h2-5,14,17-19H,6-13H2,1H3,(H,24,25). The SMILES string of the molecule is COC(=O)c1ccc(C(=O)OC2CCC(C(=O)OC3CCC(C(=O)O)CC3)CC2)cc1. The van der Waals surface area contributed by atoms with Crippen molar-refractivity contribution in [2.45, 2.75) is 63.6 Å². The van der Waals surface area contributed by atoms with Gasteiger partial charge >= 0.3 is 23.9 Å². The molecule has 0 heterocycles. The molecule has 0 atom stereocenters. The number of esters is 3. The van der Waals surface area contributed by atoms with Crippen molar-refractivity contribution in [2.24, 2.45) is 11.8 Å². The summed E-state index contributed by atoms with van der Waals surface area (Å²) in [7, 11) is 1.29. The Morgan fingerprint density at radius 1 is 0.710 bits per heavy atom. The number of ether oxygens (including phenoxy) is 3. The molecule has 2 fully saturated rings. The first-order valence-corrected chi connectivity index (χ1v) is 10.7. The number of carbonyl (C=O) groups excluding carboxylic acids is 3. The van der Waals surface area contributed by atoms with Crippen LogP contribution in [-0.2, 0) is 23.8 Å². The van der Waals surface area contributed by atoms with Gasteiger partial charge in [-0.15, -0.1) is 0 Å². The van der Waals surface area contributed by atoms with Crippen molar-refractivity contribution in [3.05, 3.63) is 35.4 Å². The Labute approximate surface area is 180 Å². The van der Waals surface area contributed by atoms with Gasteiger partial charge in [0.1, 0.15) is 12.2 Å². The Bertz CT molecular complexity index is 799. The average molecular weight is 432 g/mol. The molecule has 31 heavy (non-hydrogen) atoms. The molecule has 0 aliphatic heterocycles.